The van der Waals surface area contributed by atoms with Crippen LogP contribution >= 0.6 is 0 Å². The molecule has 0 saturated carbocycles. The number of hydrogen-bond acceptors (Lipinski definition) is 4. The number of hydrogen-bond donors (Lipinski definition) is 2. The minimum absolute atomic E-state index is 0.177. The summed E-state index contributed by atoms with van der Waals surface area (Å²) in [5, 5.41) is 14.2. The van der Waals surface area contributed by atoms with E-state index in [0.29, 0.717) is 23.4 Å². The number of nitrogens with zero attached hydrogens (tertiary/aromatic N) is 4. The Morgan fingerprint density at radius 1 is 0.686 bits per heavy atom. The van der Waals surface area contributed by atoms with Gasteiger partial charge >= 0.3 is 0 Å². The van der Waals surface area contributed by atoms with Crippen molar-refractivity contribution in [3.63, 3.8) is 0 Å². The van der Waals surface area contributed by atoms with Crippen molar-refractivity contribution in [2.45, 2.75) is 6.54 Å². The zero-order valence-electron chi connectivity index (χ0n) is 18.7. The van der Waals surface area contributed by atoms with Gasteiger partial charge in [-0.3, -0.25) is 9.59 Å². The second-order valence-corrected chi connectivity index (χ2v) is 7.83. The van der Waals surface area contributed by atoms with Crippen LogP contribution in [0.2, 0.25) is 0 Å². The van der Waals surface area contributed by atoms with E-state index >= 15 is 0 Å². The van der Waals surface area contributed by atoms with Gasteiger partial charge < -0.3 is 10.6 Å². The third kappa shape index (κ3) is 5.17. The second-order valence-electron chi connectivity index (χ2n) is 7.83. The molecule has 172 valence electrons. The van der Waals surface area contributed by atoms with Gasteiger partial charge in [-0.1, -0.05) is 12.1 Å². The first-order chi connectivity index (χ1) is 17.2. The van der Waals surface area contributed by atoms with Crippen LogP contribution in [0.4, 0.5) is 5.69 Å². The van der Waals surface area contributed by atoms with Crippen molar-refractivity contribution >= 4 is 17.5 Å². The number of anilines is 1. The van der Waals surface area contributed by atoms with Crippen LogP contribution in [0.1, 0.15) is 26.3 Å². The molecule has 0 aliphatic rings. The van der Waals surface area contributed by atoms with Crippen LogP contribution in [0.5, 0.6) is 0 Å². The first-order valence-electron chi connectivity index (χ1n) is 11.0. The molecule has 0 saturated heterocycles. The summed E-state index contributed by atoms with van der Waals surface area (Å²) in [6, 6.07) is 25.5. The predicted molar refractivity (Wildman–Crippen MR) is 133 cm³/mol. The lowest BCUT2D eigenvalue weighted by atomic mass is 10.1. The molecule has 5 rings (SSSR count). The molecule has 3 aromatic carbocycles. The summed E-state index contributed by atoms with van der Waals surface area (Å²) in [5.74, 6) is -0.390. The van der Waals surface area contributed by atoms with E-state index in [1.54, 1.807) is 46.0 Å². The Hall–Kier alpha value is -4.98. The van der Waals surface area contributed by atoms with Crippen LogP contribution in [0.3, 0.4) is 0 Å². The maximum atomic E-state index is 12.7. The Kier molecular flexibility index (Phi) is 6.17. The summed E-state index contributed by atoms with van der Waals surface area (Å²) in [7, 11) is 0. The Bertz CT molecular complexity index is 1420. The normalized spacial score (nSPS) is 10.6. The van der Waals surface area contributed by atoms with Crippen molar-refractivity contribution < 1.29 is 9.59 Å². The SMILES string of the molecule is O=C(NCc1cccc(NC(=O)c2ccc(-n3cccn3)cc2)c1)c1ccc(-n2cccn2)cc1. The lowest BCUT2D eigenvalue weighted by molar-refractivity contribution is 0.0950. The van der Waals surface area contributed by atoms with Crippen LogP contribution in [0.15, 0.2) is 110 Å². The molecule has 8 heteroatoms. The molecular weight excluding hydrogens is 440 g/mol. The highest BCUT2D eigenvalue weighted by molar-refractivity contribution is 6.04. The van der Waals surface area contributed by atoms with Crippen LogP contribution in [-0.4, -0.2) is 31.4 Å². The van der Waals surface area contributed by atoms with E-state index in [-0.39, 0.29) is 11.8 Å². The minimum Gasteiger partial charge on any atom is -0.348 e. The van der Waals surface area contributed by atoms with Crippen molar-refractivity contribution in [3.05, 3.63) is 126 Å². The highest BCUT2D eigenvalue weighted by Crippen LogP contribution is 2.15. The van der Waals surface area contributed by atoms with Gasteiger partial charge in [-0.2, -0.15) is 10.2 Å². The fraction of sp³-hybridized carbons (Fsp3) is 0.0370. The van der Waals surface area contributed by atoms with Gasteiger partial charge in [-0.25, -0.2) is 9.36 Å². The monoisotopic (exact) mass is 462 g/mol. The lowest BCUT2D eigenvalue weighted by Gasteiger charge is -2.10. The molecule has 0 bridgehead atoms. The van der Waals surface area contributed by atoms with Gasteiger partial charge in [0.05, 0.1) is 11.4 Å². The maximum absolute atomic E-state index is 12.7. The number of amides is 2. The molecule has 2 aromatic heterocycles. The molecule has 0 aliphatic carbocycles. The summed E-state index contributed by atoms with van der Waals surface area (Å²) < 4.78 is 3.46. The zero-order valence-corrected chi connectivity index (χ0v) is 18.7. The summed E-state index contributed by atoms with van der Waals surface area (Å²) in [6.07, 6.45) is 7.09. The van der Waals surface area contributed by atoms with Gasteiger partial charge in [-0.15, -0.1) is 0 Å². The molecule has 0 atom stereocenters. The van der Waals surface area contributed by atoms with Crippen LogP contribution in [0, 0.1) is 0 Å². The van der Waals surface area contributed by atoms with E-state index in [9.17, 15) is 9.59 Å². The second kappa shape index (κ2) is 9.88. The predicted octanol–water partition coefficient (Wildman–Crippen LogP) is 4.24. The molecule has 5 aromatic rings. The van der Waals surface area contributed by atoms with Crippen LogP contribution < -0.4 is 10.6 Å². The van der Waals surface area contributed by atoms with E-state index in [1.807, 2.05) is 73.1 Å². The topological polar surface area (TPSA) is 93.8 Å². The molecule has 0 fully saturated rings. The molecule has 0 spiro atoms. The Morgan fingerprint density at radius 3 is 1.80 bits per heavy atom. The van der Waals surface area contributed by atoms with E-state index in [2.05, 4.69) is 20.8 Å². The van der Waals surface area contributed by atoms with Gasteiger partial charge in [0, 0.05) is 48.1 Å². The molecule has 8 nitrogen and oxygen atoms in total. The number of aromatic nitrogens is 4. The average Bonchev–Trinajstić information content (AvgIpc) is 3.63. The largest absolute Gasteiger partial charge is 0.348 e. The standard InChI is InChI=1S/C27H22N6O2/c34-26(21-6-10-24(11-7-21)32-16-2-14-29-32)28-19-20-4-1-5-23(18-20)31-27(35)22-8-12-25(13-9-22)33-17-3-15-30-33/h1-18H,19H2,(H,28,34)(H,31,35). The molecule has 0 radical (unpaired) electrons. The smallest absolute Gasteiger partial charge is 0.255 e. The quantitative estimate of drug-likeness (QED) is 0.378. The zero-order chi connectivity index (χ0) is 24.0. The van der Waals surface area contributed by atoms with Crippen LogP contribution in [0.25, 0.3) is 11.4 Å². The first-order valence-corrected chi connectivity index (χ1v) is 11.0. The Morgan fingerprint density at radius 2 is 1.26 bits per heavy atom. The van der Waals surface area contributed by atoms with Gasteiger partial charge in [-0.05, 0) is 78.4 Å². The molecule has 0 aliphatic heterocycles. The maximum Gasteiger partial charge on any atom is 0.255 e. The highest BCUT2D eigenvalue weighted by Gasteiger charge is 2.09. The van der Waals surface area contributed by atoms with Crippen molar-refractivity contribution in [1.29, 1.82) is 0 Å². The van der Waals surface area contributed by atoms with Crippen molar-refractivity contribution in [3.8, 4) is 11.4 Å². The molecular formula is C27H22N6O2. The third-order valence-electron chi connectivity index (χ3n) is 5.43. The summed E-state index contributed by atoms with van der Waals surface area (Å²) in [6.45, 7) is 0.335. The van der Waals surface area contributed by atoms with Gasteiger partial charge in [0.1, 0.15) is 0 Å². The van der Waals surface area contributed by atoms with E-state index in [4.69, 9.17) is 0 Å². The highest BCUT2D eigenvalue weighted by atomic mass is 16.2. The Balaban J connectivity index is 1.18. The number of carbonyl (C=O) groups excluding carboxylic acids is 2. The lowest BCUT2D eigenvalue weighted by Crippen LogP contribution is -2.22. The van der Waals surface area contributed by atoms with Gasteiger partial charge in [0.15, 0.2) is 0 Å². The van der Waals surface area contributed by atoms with Crippen LogP contribution in [-0.2, 0) is 6.54 Å². The van der Waals surface area contributed by atoms with E-state index < -0.39 is 0 Å². The summed E-state index contributed by atoms with van der Waals surface area (Å²) in [5.41, 5.74) is 4.38. The summed E-state index contributed by atoms with van der Waals surface area (Å²) in [4.78, 5) is 25.2. The number of benzene rings is 3. The average molecular weight is 463 g/mol. The fourth-order valence-corrected chi connectivity index (χ4v) is 3.62. The third-order valence-corrected chi connectivity index (χ3v) is 5.43. The Labute approximate surface area is 201 Å². The van der Waals surface area contributed by atoms with E-state index in [1.165, 1.54) is 0 Å². The van der Waals surface area contributed by atoms with Crippen molar-refractivity contribution in [2.24, 2.45) is 0 Å². The summed E-state index contributed by atoms with van der Waals surface area (Å²) >= 11 is 0. The molecule has 2 heterocycles. The van der Waals surface area contributed by atoms with Crippen molar-refractivity contribution in [2.75, 3.05) is 5.32 Å². The number of nitrogens with one attached hydrogen (secondary N) is 2. The molecule has 35 heavy (non-hydrogen) atoms. The van der Waals surface area contributed by atoms with Gasteiger partial charge in [0.2, 0.25) is 0 Å². The minimum atomic E-state index is -0.213. The molecule has 2 amide bonds. The number of carbonyl (C=O) groups is 2. The molecule has 2 N–H and O–H groups in total. The van der Waals surface area contributed by atoms with Gasteiger partial charge in [0.25, 0.3) is 11.8 Å². The van der Waals surface area contributed by atoms with E-state index in [0.717, 1.165) is 16.9 Å². The molecule has 0 unspecified atom stereocenters. The fourth-order valence-electron chi connectivity index (χ4n) is 3.62. The first kappa shape index (κ1) is 21.8. The number of rotatable bonds is 7. The van der Waals surface area contributed by atoms with Crippen molar-refractivity contribution in [1.82, 2.24) is 24.9 Å².